The molecule has 3 heteroatoms. The number of methoxy groups -OCH3 is 2. The standard InChI is InChI=1S/C16H23NO2/c1-5-7-8-14(17-6-2)11-13-9-10-15(18-3)16(12-13)19-4/h1,9-10,12,14,17H,6-8,11H2,2-4H3. The molecular formula is C16H23NO2. The van der Waals surface area contributed by atoms with Gasteiger partial charge in [-0.15, -0.1) is 12.3 Å². The third-order valence-corrected chi connectivity index (χ3v) is 3.06. The normalized spacial score (nSPS) is 11.7. The van der Waals surface area contributed by atoms with E-state index in [9.17, 15) is 0 Å². The van der Waals surface area contributed by atoms with Gasteiger partial charge in [0.05, 0.1) is 14.2 Å². The van der Waals surface area contributed by atoms with E-state index in [-0.39, 0.29) is 0 Å². The van der Waals surface area contributed by atoms with E-state index < -0.39 is 0 Å². The molecule has 0 saturated heterocycles. The first-order valence-corrected chi connectivity index (χ1v) is 6.62. The maximum Gasteiger partial charge on any atom is 0.160 e. The SMILES string of the molecule is C#CCCC(Cc1ccc(OC)c(OC)c1)NCC. The molecule has 19 heavy (non-hydrogen) atoms. The van der Waals surface area contributed by atoms with E-state index in [4.69, 9.17) is 15.9 Å². The summed E-state index contributed by atoms with van der Waals surface area (Å²) in [5, 5.41) is 3.46. The lowest BCUT2D eigenvalue weighted by molar-refractivity contribution is 0.354. The Morgan fingerprint density at radius 3 is 2.58 bits per heavy atom. The van der Waals surface area contributed by atoms with Crippen LogP contribution in [0.4, 0.5) is 0 Å². The highest BCUT2D eigenvalue weighted by Crippen LogP contribution is 2.28. The molecular weight excluding hydrogens is 238 g/mol. The van der Waals surface area contributed by atoms with E-state index >= 15 is 0 Å². The number of terminal acetylenes is 1. The summed E-state index contributed by atoms with van der Waals surface area (Å²) in [5.74, 6) is 4.23. The second kappa shape index (κ2) is 8.44. The fraction of sp³-hybridized carbons (Fsp3) is 0.500. The monoisotopic (exact) mass is 261 g/mol. The molecule has 0 heterocycles. The maximum absolute atomic E-state index is 5.34. The minimum Gasteiger partial charge on any atom is -0.493 e. The molecule has 0 radical (unpaired) electrons. The van der Waals surface area contributed by atoms with Crippen molar-refractivity contribution in [3.63, 3.8) is 0 Å². The van der Waals surface area contributed by atoms with Crippen LogP contribution >= 0.6 is 0 Å². The molecule has 0 aliphatic rings. The molecule has 1 unspecified atom stereocenters. The van der Waals surface area contributed by atoms with Gasteiger partial charge in [-0.25, -0.2) is 0 Å². The molecule has 0 aliphatic heterocycles. The third-order valence-electron chi connectivity index (χ3n) is 3.06. The van der Waals surface area contributed by atoms with Crippen molar-refractivity contribution in [2.75, 3.05) is 20.8 Å². The molecule has 0 amide bonds. The van der Waals surface area contributed by atoms with Crippen molar-refractivity contribution in [1.82, 2.24) is 5.32 Å². The molecule has 1 rings (SSSR count). The fourth-order valence-electron chi connectivity index (χ4n) is 2.11. The minimum atomic E-state index is 0.402. The first kappa shape index (κ1) is 15.4. The van der Waals surface area contributed by atoms with Crippen LogP contribution in [0.3, 0.4) is 0 Å². The van der Waals surface area contributed by atoms with E-state index in [0.717, 1.165) is 37.3 Å². The maximum atomic E-state index is 5.34. The summed E-state index contributed by atoms with van der Waals surface area (Å²) in [4.78, 5) is 0. The zero-order valence-electron chi connectivity index (χ0n) is 12.0. The van der Waals surface area contributed by atoms with Gasteiger partial charge in [-0.2, -0.15) is 0 Å². The number of hydrogen-bond acceptors (Lipinski definition) is 3. The number of likely N-dealkylation sites (N-methyl/N-ethyl adjacent to an activating group) is 1. The van der Waals surface area contributed by atoms with Gasteiger partial charge in [0.25, 0.3) is 0 Å². The van der Waals surface area contributed by atoms with Gasteiger partial charge in [0.1, 0.15) is 0 Å². The highest BCUT2D eigenvalue weighted by molar-refractivity contribution is 5.43. The molecule has 3 nitrogen and oxygen atoms in total. The average Bonchev–Trinajstić information content (AvgIpc) is 2.44. The summed E-state index contributed by atoms with van der Waals surface area (Å²) >= 11 is 0. The van der Waals surface area contributed by atoms with Gasteiger partial charge in [-0.1, -0.05) is 13.0 Å². The molecule has 1 N–H and O–H groups in total. The van der Waals surface area contributed by atoms with Crippen LogP contribution in [0.1, 0.15) is 25.3 Å². The third kappa shape index (κ3) is 4.84. The highest BCUT2D eigenvalue weighted by Gasteiger charge is 2.10. The van der Waals surface area contributed by atoms with Crippen LogP contribution < -0.4 is 14.8 Å². The van der Waals surface area contributed by atoms with E-state index in [1.807, 2.05) is 12.1 Å². The summed E-state index contributed by atoms with van der Waals surface area (Å²) < 4.78 is 10.6. The van der Waals surface area contributed by atoms with Gasteiger partial charge in [0, 0.05) is 12.5 Å². The average molecular weight is 261 g/mol. The molecule has 0 aromatic heterocycles. The Kier molecular flexibility index (Phi) is 6.84. The zero-order chi connectivity index (χ0) is 14.1. The van der Waals surface area contributed by atoms with Crippen molar-refractivity contribution in [3.05, 3.63) is 23.8 Å². The minimum absolute atomic E-state index is 0.402. The molecule has 0 saturated carbocycles. The van der Waals surface area contributed by atoms with Crippen molar-refractivity contribution in [2.24, 2.45) is 0 Å². The molecule has 104 valence electrons. The van der Waals surface area contributed by atoms with Crippen molar-refractivity contribution >= 4 is 0 Å². The predicted molar refractivity (Wildman–Crippen MR) is 78.8 cm³/mol. The van der Waals surface area contributed by atoms with Crippen LogP contribution in [0, 0.1) is 12.3 Å². The first-order valence-electron chi connectivity index (χ1n) is 6.62. The quantitative estimate of drug-likeness (QED) is 0.730. The molecule has 1 atom stereocenters. The van der Waals surface area contributed by atoms with Gasteiger partial charge in [0.2, 0.25) is 0 Å². The Labute approximate surface area is 116 Å². The van der Waals surface area contributed by atoms with Gasteiger partial charge in [-0.05, 0) is 37.1 Å². The second-order valence-electron chi connectivity index (χ2n) is 4.39. The van der Waals surface area contributed by atoms with Gasteiger partial charge >= 0.3 is 0 Å². The number of hydrogen-bond donors (Lipinski definition) is 1. The van der Waals surface area contributed by atoms with E-state index in [1.165, 1.54) is 5.56 Å². The van der Waals surface area contributed by atoms with Crippen LogP contribution in [0.2, 0.25) is 0 Å². The van der Waals surface area contributed by atoms with E-state index in [0.29, 0.717) is 6.04 Å². The highest BCUT2D eigenvalue weighted by atomic mass is 16.5. The number of nitrogens with one attached hydrogen (secondary N) is 1. The van der Waals surface area contributed by atoms with Crippen molar-refractivity contribution in [1.29, 1.82) is 0 Å². The number of ether oxygens (including phenoxy) is 2. The topological polar surface area (TPSA) is 30.5 Å². The molecule has 0 fully saturated rings. The summed E-state index contributed by atoms with van der Waals surface area (Å²) in [6.45, 7) is 3.06. The van der Waals surface area contributed by atoms with E-state index in [1.54, 1.807) is 14.2 Å². The largest absolute Gasteiger partial charge is 0.493 e. The van der Waals surface area contributed by atoms with Crippen molar-refractivity contribution < 1.29 is 9.47 Å². The Hall–Kier alpha value is -1.66. The fourth-order valence-corrected chi connectivity index (χ4v) is 2.11. The number of benzene rings is 1. The second-order valence-corrected chi connectivity index (χ2v) is 4.39. The predicted octanol–water partition coefficient (Wildman–Crippen LogP) is 2.64. The van der Waals surface area contributed by atoms with Gasteiger partial charge in [-0.3, -0.25) is 0 Å². The zero-order valence-corrected chi connectivity index (χ0v) is 12.0. The molecule has 1 aromatic rings. The van der Waals surface area contributed by atoms with Crippen LogP contribution in [-0.4, -0.2) is 26.8 Å². The molecule has 0 bridgehead atoms. The Balaban J connectivity index is 2.75. The summed E-state index contributed by atoms with van der Waals surface area (Å²) in [6, 6.07) is 6.44. The van der Waals surface area contributed by atoms with Crippen molar-refractivity contribution in [2.45, 2.75) is 32.2 Å². The molecule has 1 aromatic carbocycles. The van der Waals surface area contributed by atoms with Crippen molar-refractivity contribution in [3.8, 4) is 23.8 Å². The first-order chi connectivity index (χ1) is 9.24. The van der Waals surface area contributed by atoms with Crippen LogP contribution in [0.15, 0.2) is 18.2 Å². The Bertz CT molecular complexity index is 423. The van der Waals surface area contributed by atoms with Crippen LogP contribution in [0.5, 0.6) is 11.5 Å². The Morgan fingerprint density at radius 2 is 2.00 bits per heavy atom. The smallest absolute Gasteiger partial charge is 0.160 e. The summed E-state index contributed by atoms with van der Waals surface area (Å²) in [6.07, 6.45) is 8.06. The Morgan fingerprint density at radius 1 is 1.26 bits per heavy atom. The summed E-state index contributed by atoms with van der Waals surface area (Å²) in [5.41, 5.74) is 1.22. The molecule has 0 spiro atoms. The lowest BCUT2D eigenvalue weighted by atomic mass is 10.0. The number of rotatable bonds is 8. The van der Waals surface area contributed by atoms with Crippen LogP contribution in [0.25, 0.3) is 0 Å². The lowest BCUT2D eigenvalue weighted by Gasteiger charge is -2.17. The van der Waals surface area contributed by atoms with Gasteiger partial charge < -0.3 is 14.8 Å². The van der Waals surface area contributed by atoms with Gasteiger partial charge in [0.15, 0.2) is 11.5 Å². The lowest BCUT2D eigenvalue weighted by Crippen LogP contribution is -2.30. The molecule has 0 aliphatic carbocycles. The van der Waals surface area contributed by atoms with E-state index in [2.05, 4.69) is 24.2 Å². The summed E-state index contributed by atoms with van der Waals surface area (Å²) in [7, 11) is 3.30. The van der Waals surface area contributed by atoms with Crippen LogP contribution in [-0.2, 0) is 6.42 Å².